The summed E-state index contributed by atoms with van der Waals surface area (Å²) in [4.78, 5) is 13.2. The Morgan fingerprint density at radius 1 is 0.912 bits per heavy atom. The molecule has 1 aliphatic heterocycles. The third-order valence-electron chi connectivity index (χ3n) is 6.16. The van der Waals surface area contributed by atoms with Gasteiger partial charge in [0.05, 0.1) is 22.9 Å². The first kappa shape index (κ1) is 22.5. The number of likely N-dealkylation sites (tertiary alicyclic amines) is 1. The highest BCUT2D eigenvalue weighted by Gasteiger charge is 2.18. The number of hydrogen-bond acceptors (Lipinski definition) is 6. The first-order valence-electron chi connectivity index (χ1n) is 11.6. The van der Waals surface area contributed by atoms with E-state index >= 15 is 0 Å². The van der Waals surface area contributed by atoms with Crippen LogP contribution in [0.15, 0.2) is 88.7 Å². The number of nitrogens with zero attached hydrogens (tertiary/aromatic N) is 3. The van der Waals surface area contributed by atoms with E-state index in [2.05, 4.69) is 27.2 Å². The Labute approximate surface area is 202 Å². The Hall–Kier alpha value is -3.29. The quantitative estimate of drug-likeness (QED) is 0.396. The van der Waals surface area contributed by atoms with Gasteiger partial charge in [-0.05, 0) is 87.4 Å². The Bertz CT molecular complexity index is 1270. The lowest BCUT2D eigenvalue weighted by Gasteiger charge is -2.28. The first-order valence-corrected chi connectivity index (χ1v) is 12.7. The van der Waals surface area contributed by atoms with Gasteiger partial charge in [-0.15, -0.1) is 0 Å². The Kier molecular flexibility index (Phi) is 6.83. The van der Waals surface area contributed by atoms with E-state index < -0.39 is 10.8 Å². The number of fused-ring (bicyclic) bond motifs is 1. The number of rotatable bonds is 7. The molecule has 5 rings (SSSR count). The molecule has 2 heterocycles. The number of para-hydroxylation sites is 1. The lowest BCUT2D eigenvalue weighted by atomic mass is 9.98. The summed E-state index contributed by atoms with van der Waals surface area (Å²) in [5.41, 5.74) is 1.69. The summed E-state index contributed by atoms with van der Waals surface area (Å²) in [5, 5.41) is 4.32. The summed E-state index contributed by atoms with van der Waals surface area (Å²) in [6.45, 7) is 2.83. The maximum atomic E-state index is 12.8. The molecule has 1 fully saturated rings. The van der Waals surface area contributed by atoms with Crippen molar-refractivity contribution in [2.45, 2.75) is 22.6 Å². The second-order valence-electron chi connectivity index (χ2n) is 8.66. The molecular weight excluding hydrogens is 444 g/mol. The molecule has 7 heteroatoms. The minimum absolute atomic E-state index is 0.391. The van der Waals surface area contributed by atoms with Crippen molar-refractivity contribution in [2.24, 2.45) is 5.92 Å². The molecule has 0 spiro atoms. The predicted octanol–water partition coefficient (Wildman–Crippen LogP) is 5.26. The van der Waals surface area contributed by atoms with Crippen molar-refractivity contribution in [2.75, 3.05) is 32.1 Å². The fraction of sp³-hybridized carbons (Fsp3) is 0.259. The van der Waals surface area contributed by atoms with Crippen LogP contribution in [0.1, 0.15) is 12.8 Å². The summed E-state index contributed by atoms with van der Waals surface area (Å²) in [7, 11) is 0.949. The minimum atomic E-state index is -1.21. The molecule has 1 unspecified atom stereocenters. The van der Waals surface area contributed by atoms with Crippen molar-refractivity contribution in [3.8, 4) is 6.01 Å². The van der Waals surface area contributed by atoms with E-state index in [0.29, 0.717) is 24.4 Å². The molecule has 34 heavy (non-hydrogen) atoms. The molecule has 3 aromatic carbocycles. The summed E-state index contributed by atoms with van der Waals surface area (Å²) in [6, 6.07) is 25.4. The summed E-state index contributed by atoms with van der Waals surface area (Å²) in [6.07, 6.45) is 2.26. The monoisotopic (exact) mass is 472 g/mol. The van der Waals surface area contributed by atoms with Crippen LogP contribution in [0.3, 0.4) is 0 Å². The van der Waals surface area contributed by atoms with Crippen molar-refractivity contribution < 1.29 is 8.95 Å². The van der Waals surface area contributed by atoms with E-state index in [1.807, 2.05) is 78.9 Å². The van der Waals surface area contributed by atoms with E-state index in [9.17, 15) is 4.21 Å². The molecule has 174 valence electrons. The molecule has 4 aromatic rings. The van der Waals surface area contributed by atoms with Crippen LogP contribution in [0, 0.1) is 5.92 Å². The van der Waals surface area contributed by atoms with Crippen molar-refractivity contribution >= 4 is 33.2 Å². The molecule has 6 nitrogen and oxygen atoms in total. The van der Waals surface area contributed by atoms with Crippen LogP contribution in [-0.2, 0) is 10.8 Å². The second-order valence-corrected chi connectivity index (χ2v) is 10.1. The molecule has 0 amide bonds. The van der Waals surface area contributed by atoms with Crippen LogP contribution in [0.2, 0.25) is 0 Å². The SMILES string of the molecule is CN1CCC(COc2nc(Nc3ccc(S(=O)c4ccccc4)cc3)c3ccccc3n2)CC1. The van der Waals surface area contributed by atoms with Gasteiger partial charge in [0.1, 0.15) is 5.82 Å². The van der Waals surface area contributed by atoms with Crippen LogP contribution in [0.5, 0.6) is 6.01 Å². The highest BCUT2D eigenvalue weighted by atomic mass is 32.2. The zero-order valence-corrected chi connectivity index (χ0v) is 20.0. The molecule has 0 radical (unpaired) electrons. The van der Waals surface area contributed by atoms with Gasteiger partial charge in [-0.1, -0.05) is 30.3 Å². The maximum Gasteiger partial charge on any atom is 0.318 e. The van der Waals surface area contributed by atoms with Crippen LogP contribution < -0.4 is 10.1 Å². The van der Waals surface area contributed by atoms with Crippen molar-refractivity contribution in [1.82, 2.24) is 14.9 Å². The highest BCUT2D eigenvalue weighted by Crippen LogP contribution is 2.27. The third-order valence-corrected chi connectivity index (χ3v) is 7.56. The van der Waals surface area contributed by atoms with Crippen LogP contribution in [0.4, 0.5) is 11.5 Å². The van der Waals surface area contributed by atoms with Gasteiger partial charge in [0.25, 0.3) is 0 Å². The lowest BCUT2D eigenvalue weighted by molar-refractivity contribution is 0.154. The molecule has 0 bridgehead atoms. The first-order chi connectivity index (χ1) is 16.7. The standard InChI is InChI=1S/C27H28N4O2S/c1-31-17-15-20(16-18-31)19-33-27-29-25-10-6-5-9-24(25)26(30-27)28-21-11-13-23(14-12-21)34(32)22-7-3-2-4-8-22/h2-14,20H,15-19H2,1H3,(H,28,29,30). The molecule has 0 saturated carbocycles. The molecule has 1 saturated heterocycles. The van der Waals surface area contributed by atoms with Crippen LogP contribution in [0.25, 0.3) is 10.9 Å². The third kappa shape index (κ3) is 5.26. The van der Waals surface area contributed by atoms with Gasteiger partial charge in [0, 0.05) is 20.9 Å². The van der Waals surface area contributed by atoms with Crippen molar-refractivity contribution in [1.29, 1.82) is 0 Å². The predicted molar refractivity (Wildman–Crippen MR) is 136 cm³/mol. The van der Waals surface area contributed by atoms with Gasteiger partial charge in [-0.2, -0.15) is 9.97 Å². The van der Waals surface area contributed by atoms with Gasteiger partial charge in [-0.25, -0.2) is 4.21 Å². The van der Waals surface area contributed by atoms with Gasteiger partial charge in [0.2, 0.25) is 0 Å². The number of ether oxygens (including phenoxy) is 1. The number of anilines is 2. The number of piperidine rings is 1. The van der Waals surface area contributed by atoms with Crippen molar-refractivity contribution in [3.63, 3.8) is 0 Å². The van der Waals surface area contributed by atoms with E-state index in [1.165, 1.54) is 0 Å². The molecule has 1 aliphatic rings. The van der Waals surface area contributed by atoms with Gasteiger partial charge in [-0.3, -0.25) is 0 Å². The summed E-state index contributed by atoms with van der Waals surface area (Å²) >= 11 is 0. The fourth-order valence-electron chi connectivity index (χ4n) is 4.12. The van der Waals surface area contributed by atoms with Gasteiger partial charge in [0.15, 0.2) is 0 Å². The van der Waals surface area contributed by atoms with Crippen molar-refractivity contribution in [3.05, 3.63) is 78.9 Å². The number of benzene rings is 3. The zero-order valence-electron chi connectivity index (χ0n) is 19.2. The topological polar surface area (TPSA) is 67.3 Å². The highest BCUT2D eigenvalue weighted by molar-refractivity contribution is 7.85. The lowest BCUT2D eigenvalue weighted by Crippen LogP contribution is -2.32. The zero-order chi connectivity index (χ0) is 23.3. The fourth-order valence-corrected chi connectivity index (χ4v) is 5.17. The Morgan fingerprint density at radius 2 is 1.59 bits per heavy atom. The maximum absolute atomic E-state index is 12.8. The Morgan fingerprint density at radius 3 is 2.35 bits per heavy atom. The smallest absolute Gasteiger partial charge is 0.318 e. The summed E-state index contributed by atoms with van der Waals surface area (Å²) < 4.78 is 18.9. The van der Waals surface area contributed by atoms with E-state index in [-0.39, 0.29) is 0 Å². The van der Waals surface area contributed by atoms with Crippen LogP contribution in [-0.4, -0.2) is 45.8 Å². The number of nitrogens with one attached hydrogen (secondary N) is 1. The number of aromatic nitrogens is 2. The largest absolute Gasteiger partial charge is 0.463 e. The minimum Gasteiger partial charge on any atom is -0.463 e. The van der Waals surface area contributed by atoms with E-state index in [1.54, 1.807) is 0 Å². The Balaban J connectivity index is 1.34. The van der Waals surface area contributed by atoms with E-state index in [4.69, 9.17) is 4.74 Å². The van der Waals surface area contributed by atoms with Gasteiger partial charge >= 0.3 is 6.01 Å². The normalized spacial score (nSPS) is 15.8. The van der Waals surface area contributed by atoms with Gasteiger partial charge < -0.3 is 15.0 Å². The molecule has 1 aromatic heterocycles. The summed E-state index contributed by atoms with van der Waals surface area (Å²) in [5.74, 6) is 1.22. The molecular formula is C27H28N4O2S. The molecule has 0 aliphatic carbocycles. The average Bonchev–Trinajstić information content (AvgIpc) is 2.89. The molecule has 1 atom stereocenters. The molecule has 1 N–H and O–H groups in total. The van der Waals surface area contributed by atoms with E-state index in [0.717, 1.165) is 52.3 Å². The van der Waals surface area contributed by atoms with Crippen LogP contribution >= 0.6 is 0 Å². The second kappa shape index (κ2) is 10.3. The number of hydrogen-bond donors (Lipinski definition) is 1. The average molecular weight is 473 g/mol.